The highest BCUT2D eigenvalue weighted by Gasteiger charge is 2.42. The Hall–Kier alpha value is -12.4. The number of halogens is 2. The van der Waals surface area contributed by atoms with E-state index in [9.17, 15) is 58.3 Å². The van der Waals surface area contributed by atoms with Crippen molar-refractivity contribution in [1.29, 1.82) is 0 Å². The third-order valence-electron chi connectivity index (χ3n) is 23.1. The first kappa shape index (κ1) is 108. The van der Waals surface area contributed by atoms with E-state index in [-0.39, 0.29) is 39.0 Å². The van der Waals surface area contributed by atoms with Crippen molar-refractivity contribution in [2.75, 3.05) is 48.3 Å². The fourth-order valence-electron chi connectivity index (χ4n) is 16.1. The van der Waals surface area contributed by atoms with Crippen LogP contribution in [0, 0.1) is 109 Å². The summed E-state index contributed by atoms with van der Waals surface area (Å²) in [5, 5.41) is 11.2. The van der Waals surface area contributed by atoms with Gasteiger partial charge in [0.15, 0.2) is 30.2 Å². The molecular weight excluding hydrogens is 1810 g/mol. The van der Waals surface area contributed by atoms with Crippen LogP contribution in [0.25, 0.3) is 44.5 Å². The van der Waals surface area contributed by atoms with Gasteiger partial charge in [0.25, 0.3) is 30.1 Å². The van der Waals surface area contributed by atoms with Gasteiger partial charge in [-0.05, 0) is 305 Å². The smallest absolute Gasteiger partial charge is 0.339 e. The first-order valence-corrected chi connectivity index (χ1v) is 48.8. The number of nitrogens with one attached hydrogen (secondary N) is 3. The van der Waals surface area contributed by atoms with Gasteiger partial charge < -0.3 is 53.5 Å². The second kappa shape index (κ2) is 43.1. The Bertz CT molecular complexity index is 6520. The van der Waals surface area contributed by atoms with Gasteiger partial charge in [0.1, 0.15) is 37.8 Å². The zero-order valence-corrected chi connectivity index (χ0v) is 86.2. The van der Waals surface area contributed by atoms with Crippen molar-refractivity contribution in [1.82, 2.24) is 0 Å². The molecule has 0 saturated heterocycles. The molecule has 0 aliphatic carbocycles. The van der Waals surface area contributed by atoms with Gasteiger partial charge in [-0.3, -0.25) is 14.2 Å². The molecule has 11 aromatic carbocycles. The Labute approximate surface area is 805 Å². The van der Waals surface area contributed by atoms with Gasteiger partial charge in [0.05, 0.1) is 67.9 Å². The summed E-state index contributed by atoms with van der Waals surface area (Å²) in [6, 6.07) is 48.1. The molecule has 137 heavy (non-hydrogen) atoms. The van der Waals surface area contributed by atoms with Crippen LogP contribution in [0.15, 0.2) is 185 Å². The monoisotopic (exact) mass is 1930 g/mol. The highest BCUT2D eigenvalue weighted by molar-refractivity contribution is 7.93. The molecule has 6 N–H and O–H groups in total. The Morgan fingerprint density at radius 1 is 0.372 bits per heavy atom. The number of rotatable bonds is 22. The van der Waals surface area contributed by atoms with Crippen LogP contribution in [0.5, 0.6) is 17.2 Å². The topological polar surface area (TPSA) is 336 Å². The highest BCUT2D eigenvalue weighted by atomic mass is 32.2. The molecule has 0 radical (unpaired) electrons. The summed E-state index contributed by atoms with van der Waals surface area (Å²) in [6.45, 7) is 48.2. The summed E-state index contributed by atoms with van der Waals surface area (Å²) in [5.41, 5.74) is 24.1. The average Bonchev–Trinajstić information content (AvgIpc) is 0.796. The average molecular weight is 1940 g/mol. The Morgan fingerprint density at radius 2 is 0.657 bits per heavy atom. The lowest BCUT2D eigenvalue weighted by Gasteiger charge is -2.31. The van der Waals surface area contributed by atoms with Crippen molar-refractivity contribution in [3.05, 3.63) is 282 Å². The zero-order valence-electron chi connectivity index (χ0n) is 83.7. The fourth-order valence-corrected chi connectivity index (χ4v) is 19.8. The number of sulfonamides is 3. The number of fused-ring (bicyclic) bond motifs is 2. The summed E-state index contributed by atoms with van der Waals surface area (Å²) in [5.74, 6) is -3.87. The molecule has 0 amide bonds. The van der Waals surface area contributed by atoms with Crippen molar-refractivity contribution in [2.45, 2.75) is 242 Å². The van der Waals surface area contributed by atoms with E-state index in [1.165, 1.54) is 70.4 Å². The van der Waals surface area contributed by atoms with Gasteiger partial charge in [0.2, 0.25) is 0 Å². The number of hydrogen-bond donors (Lipinski definition) is 5. The molecule has 4 atom stereocenters. The lowest BCUT2D eigenvalue weighted by molar-refractivity contribution is -0.164. The quantitative estimate of drug-likeness (QED) is 0.0182. The van der Waals surface area contributed by atoms with Crippen molar-refractivity contribution in [3.63, 3.8) is 0 Å². The Balaban J connectivity index is 0.000000206. The van der Waals surface area contributed by atoms with Crippen molar-refractivity contribution >= 4 is 76.7 Å². The van der Waals surface area contributed by atoms with Gasteiger partial charge >= 0.3 is 23.9 Å². The predicted octanol–water partition coefficient (Wildman–Crippen LogP) is 23.9. The molecule has 0 aromatic heterocycles. The molecule has 0 bridgehead atoms. The largest absolute Gasteiger partial charge is 0.505 e. The van der Waals surface area contributed by atoms with Crippen molar-refractivity contribution in [2.24, 2.45) is 0 Å². The molecule has 1 aliphatic heterocycles. The van der Waals surface area contributed by atoms with Crippen LogP contribution in [0.4, 0.5) is 31.5 Å². The molecule has 1 heterocycles. The van der Waals surface area contributed by atoms with Crippen LogP contribution in [-0.2, 0) is 87.1 Å². The second-order valence-electron chi connectivity index (χ2n) is 37.8. The Kier molecular flexibility index (Phi) is 34.1. The van der Waals surface area contributed by atoms with Crippen LogP contribution in [0.3, 0.4) is 0 Å². The molecule has 12 rings (SSSR count). The number of aryl methyl sites for hydroxylation is 4. The summed E-state index contributed by atoms with van der Waals surface area (Å²) in [6.07, 6.45) is -4.35. The van der Waals surface area contributed by atoms with Crippen molar-refractivity contribution in [3.8, 4) is 61.8 Å². The molecule has 732 valence electrons. The van der Waals surface area contributed by atoms with Crippen LogP contribution in [0.1, 0.15) is 208 Å². The number of carbonyl (C=O) groups is 4. The minimum Gasteiger partial charge on any atom is -0.505 e. The molecule has 11 aromatic rings. The molecule has 0 fully saturated rings. The number of carbonyl (C=O) groups excluding carboxylic acids is 4. The maximum absolute atomic E-state index is 14.4. The number of nitrogen functional groups attached to an aromatic ring is 1. The van der Waals surface area contributed by atoms with Gasteiger partial charge in [-0.15, -0.1) is 0 Å². The molecule has 29 heteroatoms. The number of phenols is 1. The van der Waals surface area contributed by atoms with Gasteiger partial charge in [-0.1, -0.05) is 156 Å². The van der Waals surface area contributed by atoms with E-state index >= 15 is 0 Å². The summed E-state index contributed by atoms with van der Waals surface area (Å²) < 4.78 is 167. The SMILES string of the molecule is COC(=O)[C@@H](OC(C)(C)C)c1c(C)c(N)c(C)c(C)c1-c1ccc(C)cc1.COC(=O)[C@@H](OC(C)(C)C)c1c(C)c(NS(=O)(=O)c2ccccc2F)c(C)c(C)c1-c1ccc(C)cc1.COC(=O)[C@@H](OC(C)(C)C)c1c(C)c(NS(=O)(=O)c2ccccc2F)c(O)c(C)c1-c1ccc(C)cc1.COC(=O)[C@@H](OC(C)(C)C)c1c(C)c2c(c(C)c1-c1ccc(C)cc1)Oc1ccccc1S(=O)(=O)N2. The van der Waals surface area contributed by atoms with E-state index in [0.717, 1.165) is 96.1 Å². The fraction of sp³-hybridized carbons (Fsp3) is 0.352. The van der Waals surface area contributed by atoms with E-state index < -0.39 is 122 Å². The van der Waals surface area contributed by atoms with Gasteiger partial charge in [-0.2, -0.15) is 0 Å². The number of aromatic hydroxyl groups is 1. The van der Waals surface area contributed by atoms with E-state index in [2.05, 4.69) is 45.4 Å². The minimum absolute atomic E-state index is 0.0360. The Morgan fingerprint density at radius 3 is 0.993 bits per heavy atom. The molecule has 0 spiro atoms. The minimum atomic E-state index is -4.43. The van der Waals surface area contributed by atoms with E-state index in [4.69, 9.17) is 48.4 Å². The lowest BCUT2D eigenvalue weighted by Crippen LogP contribution is -2.30. The first-order chi connectivity index (χ1) is 63.7. The van der Waals surface area contributed by atoms with E-state index in [0.29, 0.717) is 67.1 Å². The number of hydrogen-bond acceptors (Lipinski definition) is 21. The van der Waals surface area contributed by atoms with Crippen LogP contribution < -0.4 is 24.6 Å². The van der Waals surface area contributed by atoms with Crippen LogP contribution >= 0.6 is 0 Å². The first-order valence-electron chi connectivity index (χ1n) is 44.4. The number of phenolic OH excluding ortho intramolecular Hbond substituents is 1. The lowest BCUT2D eigenvalue weighted by atomic mass is 9.84. The third kappa shape index (κ3) is 25.2. The molecular formula is C108H128F2N4O20S3. The predicted molar refractivity (Wildman–Crippen MR) is 534 cm³/mol. The second-order valence-corrected chi connectivity index (χ2v) is 42.8. The standard InChI is InChI=1S/C29H34FNO5S.C28H32FNO6S.C28H31NO6S.C23H31NO3/c1-17-13-15-21(16-14-17)24-18(2)19(3)26(31-37(33,34)23-12-10-9-11-22(23)30)20(4)25(24)27(28(32)35-8)36-29(5,6)7;1-16-12-14-19(15-13-16)22-18(3)25(31)24(30-37(33,34)21-11-9-8-10-20(21)29)17(2)23(22)26(27(32)35-7)36-28(4,5)6;1-16-12-14-19(15-13-16)22-18(3)25-24(29-36(31,32)21-11-9-8-10-20(21)34-25)17(2)23(22)26(27(30)33-7)35-28(4,5)6;1-13-9-11-17(12-10-13)18-14(2)15(3)20(24)16(4)19(18)21(22(25)26-8)27-23(5,6)7/h9-16,27,31H,1-8H3;8-15,26,30-31H,1-7H3;8-15,26,29H,1-7H3;9-12,21H,24H2,1-8H3/t27-;2*26-;21-/m0000/s1. The maximum Gasteiger partial charge on any atom is 0.339 e. The summed E-state index contributed by atoms with van der Waals surface area (Å²) >= 11 is 0. The zero-order chi connectivity index (χ0) is 102. The third-order valence-corrected chi connectivity index (χ3v) is 27.2. The van der Waals surface area contributed by atoms with Crippen LogP contribution in [-0.4, -0.2) is 105 Å². The number of nitrogens with two attached hydrogens (primary N) is 1. The van der Waals surface area contributed by atoms with Gasteiger partial charge in [0, 0.05) is 39.1 Å². The molecule has 0 unspecified atom stereocenters. The number of ether oxygens (including phenoxy) is 9. The maximum atomic E-state index is 14.4. The normalized spacial score (nSPS) is 13.3. The van der Waals surface area contributed by atoms with Crippen LogP contribution in [0.2, 0.25) is 0 Å². The number of anilines is 4. The van der Waals surface area contributed by atoms with E-state index in [1.807, 2.05) is 190 Å². The summed E-state index contributed by atoms with van der Waals surface area (Å²) in [7, 11) is -7.45. The number of para-hydroxylation sites is 1. The van der Waals surface area contributed by atoms with E-state index in [1.54, 1.807) is 73.6 Å². The number of methoxy groups -OCH3 is 4. The number of benzene rings is 11. The molecule has 24 nitrogen and oxygen atoms in total. The molecule has 0 saturated carbocycles. The van der Waals surface area contributed by atoms with Crippen molar-refractivity contribution < 1.29 is 101 Å². The number of esters is 4. The van der Waals surface area contributed by atoms with Gasteiger partial charge in [-0.25, -0.2) is 53.2 Å². The molecule has 1 aliphatic rings. The highest BCUT2D eigenvalue weighted by Crippen LogP contribution is 2.53. The summed E-state index contributed by atoms with van der Waals surface area (Å²) in [4.78, 5) is 51.0.